The molecule has 0 spiro atoms. The molecular formula is C18H28N2O2. The molecule has 0 unspecified atom stereocenters. The van der Waals surface area contributed by atoms with Gasteiger partial charge in [0.1, 0.15) is 6.04 Å². The van der Waals surface area contributed by atoms with Gasteiger partial charge in [0, 0.05) is 0 Å². The van der Waals surface area contributed by atoms with Crippen LogP contribution in [0.5, 0.6) is 0 Å². The van der Waals surface area contributed by atoms with Gasteiger partial charge in [0.2, 0.25) is 5.91 Å². The molecule has 4 nitrogen and oxygen atoms in total. The molecule has 0 aliphatic heterocycles. The van der Waals surface area contributed by atoms with Crippen molar-refractivity contribution in [2.24, 2.45) is 0 Å². The Morgan fingerprint density at radius 2 is 1.82 bits per heavy atom. The Kier molecular flexibility index (Phi) is 5.59. The number of aryl methyl sites for hydroxylation is 1. The average Bonchev–Trinajstić information content (AvgIpc) is 2.50. The first kappa shape index (κ1) is 17.0. The molecule has 0 heterocycles. The van der Waals surface area contributed by atoms with Gasteiger partial charge in [0.15, 0.2) is 0 Å². The maximum Gasteiger partial charge on any atom is 0.242 e. The number of hydrogen-bond donors (Lipinski definition) is 2. The minimum Gasteiger partial charge on any atom is -0.394 e. The van der Waals surface area contributed by atoms with Crippen molar-refractivity contribution >= 4 is 5.91 Å². The van der Waals surface area contributed by atoms with Gasteiger partial charge in [0.25, 0.3) is 0 Å². The fourth-order valence-electron chi connectivity index (χ4n) is 3.31. The lowest BCUT2D eigenvalue weighted by atomic mass is 9.82. The van der Waals surface area contributed by atoms with Crippen LogP contribution in [0.2, 0.25) is 0 Å². The van der Waals surface area contributed by atoms with E-state index in [4.69, 9.17) is 0 Å². The molecular weight excluding hydrogens is 276 g/mol. The largest absolute Gasteiger partial charge is 0.394 e. The average molecular weight is 304 g/mol. The summed E-state index contributed by atoms with van der Waals surface area (Å²) in [5.41, 5.74) is 1.73. The van der Waals surface area contributed by atoms with Crippen LogP contribution in [-0.4, -0.2) is 42.2 Å². The van der Waals surface area contributed by atoms with Crippen LogP contribution in [0.1, 0.15) is 49.3 Å². The molecule has 1 atom stereocenters. The zero-order chi connectivity index (χ0) is 16.2. The Morgan fingerprint density at radius 3 is 2.32 bits per heavy atom. The molecule has 1 amide bonds. The summed E-state index contributed by atoms with van der Waals surface area (Å²) >= 11 is 0. The zero-order valence-electron chi connectivity index (χ0n) is 13.9. The van der Waals surface area contributed by atoms with Crippen molar-refractivity contribution < 1.29 is 9.90 Å². The molecule has 1 aromatic rings. The smallest absolute Gasteiger partial charge is 0.242 e. The molecule has 22 heavy (non-hydrogen) atoms. The fourth-order valence-corrected chi connectivity index (χ4v) is 3.31. The summed E-state index contributed by atoms with van der Waals surface area (Å²) in [7, 11) is 3.83. The third-order valence-corrected chi connectivity index (χ3v) is 4.66. The molecule has 122 valence electrons. The van der Waals surface area contributed by atoms with Gasteiger partial charge >= 0.3 is 0 Å². The minimum absolute atomic E-state index is 0.0206. The number of hydrogen-bond acceptors (Lipinski definition) is 3. The zero-order valence-corrected chi connectivity index (χ0v) is 13.9. The Morgan fingerprint density at radius 1 is 1.23 bits per heavy atom. The highest BCUT2D eigenvalue weighted by atomic mass is 16.3. The van der Waals surface area contributed by atoms with Crippen LogP contribution in [-0.2, 0) is 4.79 Å². The minimum atomic E-state index is -0.436. The lowest BCUT2D eigenvalue weighted by Gasteiger charge is -2.38. The summed E-state index contributed by atoms with van der Waals surface area (Å²) < 4.78 is 0. The highest BCUT2D eigenvalue weighted by molar-refractivity contribution is 5.84. The van der Waals surface area contributed by atoms with E-state index in [0.717, 1.165) is 31.2 Å². The van der Waals surface area contributed by atoms with E-state index >= 15 is 0 Å². The lowest BCUT2D eigenvalue weighted by molar-refractivity contribution is -0.129. The number of aliphatic hydroxyl groups excluding tert-OH is 1. The van der Waals surface area contributed by atoms with Gasteiger partial charge in [-0.05, 0) is 39.4 Å². The summed E-state index contributed by atoms with van der Waals surface area (Å²) in [4.78, 5) is 14.8. The molecule has 4 heteroatoms. The predicted molar refractivity (Wildman–Crippen MR) is 88.7 cm³/mol. The van der Waals surface area contributed by atoms with Gasteiger partial charge in [-0.15, -0.1) is 0 Å². The lowest BCUT2D eigenvalue weighted by Crippen LogP contribution is -2.55. The van der Waals surface area contributed by atoms with E-state index in [9.17, 15) is 9.90 Å². The highest BCUT2D eigenvalue weighted by Gasteiger charge is 2.35. The molecule has 0 bridgehead atoms. The molecule has 1 aliphatic carbocycles. The number of carbonyl (C=O) groups is 1. The van der Waals surface area contributed by atoms with Crippen molar-refractivity contribution in [2.75, 3.05) is 20.7 Å². The number of amides is 1. The quantitative estimate of drug-likeness (QED) is 0.878. The van der Waals surface area contributed by atoms with E-state index in [-0.39, 0.29) is 18.6 Å². The van der Waals surface area contributed by atoms with Gasteiger partial charge in [-0.1, -0.05) is 49.1 Å². The molecule has 1 fully saturated rings. The van der Waals surface area contributed by atoms with Crippen LogP contribution in [0.25, 0.3) is 0 Å². The SMILES string of the molecule is Cc1ccc([C@H](C(=O)NC2(CO)CCCCC2)N(C)C)cc1. The molecule has 2 rings (SSSR count). The number of rotatable bonds is 5. The number of aliphatic hydroxyl groups is 1. The Bertz CT molecular complexity index is 490. The van der Waals surface area contributed by atoms with Crippen LogP contribution < -0.4 is 5.32 Å². The molecule has 0 radical (unpaired) electrons. The van der Waals surface area contributed by atoms with Crippen LogP contribution in [0.15, 0.2) is 24.3 Å². The van der Waals surface area contributed by atoms with E-state index in [1.807, 2.05) is 50.2 Å². The monoisotopic (exact) mass is 304 g/mol. The second kappa shape index (κ2) is 7.25. The highest BCUT2D eigenvalue weighted by Crippen LogP contribution is 2.29. The maximum atomic E-state index is 12.8. The summed E-state index contributed by atoms with van der Waals surface area (Å²) in [5.74, 6) is -0.0233. The molecule has 2 N–H and O–H groups in total. The maximum absolute atomic E-state index is 12.8. The third-order valence-electron chi connectivity index (χ3n) is 4.66. The third kappa shape index (κ3) is 3.87. The molecule has 1 saturated carbocycles. The summed E-state index contributed by atoms with van der Waals surface area (Å²) in [6.07, 6.45) is 5.05. The summed E-state index contributed by atoms with van der Waals surface area (Å²) in [6, 6.07) is 7.74. The van der Waals surface area contributed by atoms with Crippen molar-refractivity contribution in [1.82, 2.24) is 10.2 Å². The molecule has 1 aromatic carbocycles. The second-order valence-electron chi connectivity index (χ2n) is 6.77. The van der Waals surface area contributed by atoms with E-state index in [1.165, 1.54) is 12.0 Å². The first-order valence-corrected chi connectivity index (χ1v) is 8.13. The first-order valence-electron chi connectivity index (χ1n) is 8.13. The van der Waals surface area contributed by atoms with Crippen molar-refractivity contribution in [3.8, 4) is 0 Å². The number of benzene rings is 1. The van der Waals surface area contributed by atoms with Crippen LogP contribution in [0.3, 0.4) is 0 Å². The van der Waals surface area contributed by atoms with Gasteiger partial charge in [0.05, 0.1) is 12.1 Å². The van der Waals surface area contributed by atoms with Gasteiger partial charge in [-0.25, -0.2) is 0 Å². The number of nitrogens with zero attached hydrogens (tertiary/aromatic N) is 1. The fraction of sp³-hybridized carbons (Fsp3) is 0.611. The van der Waals surface area contributed by atoms with E-state index in [1.54, 1.807) is 0 Å². The molecule has 0 saturated heterocycles. The standard InChI is InChI=1S/C18H28N2O2/c1-14-7-9-15(10-8-14)16(20(2)3)17(22)19-18(13-21)11-5-4-6-12-18/h7-10,16,21H,4-6,11-13H2,1-3H3,(H,19,22)/t16-/m1/s1. The Labute approximate surface area is 133 Å². The predicted octanol–water partition coefficient (Wildman–Crippen LogP) is 2.41. The Hall–Kier alpha value is -1.39. The van der Waals surface area contributed by atoms with Gasteiger partial charge < -0.3 is 10.4 Å². The van der Waals surface area contributed by atoms with Crippen molar-refractivity contribution in [3.05, 3.63) is 35.4 Å². The Balaban J connectivity index is 2.17. The number of nitrogens with one attached hydrogen (secondary N) is 1. The summed E-state index contributed by atoms with van der Waals surface area (Å²) in [6.45, 7) is 2.06. The molecule has 1 aliphatic rings. The summed E-state index contributed by atoms with van der Waals surface area (Å²) in [5, 5.41) is 12.9. The van der Waals surface area contributed by atoms with Gasteiger partial charge in [-0.3, -0.25) is 9.69 Å². The topological polar surface area (TPSA) is 52.6 Å². The van der Waals surface area contributed by atoms with Crippen LogP contribution >= 0.6 is 0 Å². The van der Waals surface area contributed by atoms with Crippen molar-refractivity contribution in [3.63, 3.8) is 0 Å². The number of likely N-dealkylation sites (N-methyl/N-ethyl adjacent to an activating group) is 1. The first-order chi connectivity index (χ1) is 10.5. The van der Waals surface area contributed by atoms with Crippen LogP contribution in [0.4, 0.5) is 0 Å². The molecule has 0 aromatic heterocycles. The van der Waals surface area contributed by atoms with Crippen LogP contribution in [0, 0.1) is 6.92 Å². The van der Waals surface area contributed by atoms with Crippen molar-refractivity contribution in [2.45, 2.75) is 50.6 Å². The van der Waals surface area contributed by atoms with E-state index in [2.05, 4.69) is 5.32 Å². The van der Waals surface area contributed by atoms with E-state index in [0.29, 0.717) is 0 Å². The number of carbonyl (C=O) groups excluding carboxylic acids is 1. The second-order valence-corrected chi connectivity index (χ2v) is 6.77. The normalized spacial score (nSPS) is 19.0. The van der Waals surface area contributed by atoms with Crippen molar-refractivity contribution in [1.29, 1.82) is 0 Å². The van der Waals surface area contributed by atoms with E-state index < -0.39 is 5.54 Å². The van der Waals surface area contributed by atoms with Gasteiger partial charge in [-0.2, -0.15) is 0 Å².